The fourth-order valence-electron chi connectivity index (χ4n) is 4.29. The van der Waals surface area contributed by atoms with Gasteiger partial charge in [-0.15, -0.1) is 0 Å². The van der Waals surface area contributed by atoms with E-state index in [2.05, 4.69) is 0 Å². The molecule has 3 aliphatic rings. The minimum absolute atomic E-state index is 0.449. The number of aldehydes is 1. The van der Waals surface area contributed by atoms with Gasteiger partial charge in [0.2, 0.25) is 0 Å². The van der Waals surface area contributed by atoms with E-state index in [0.29, 0.717) is 5.92 Å². The summed E-state index contributed by atoms with van der Waals surface area (Å²) < 4.78 is 0. The van der Waals surface area contributed by atoms with E-state index >= 15 is 0 Å². The van der Waals surface area contributed by atoms with Crippen molar-refractivity contribution in [3.05, 3.63) is 0 Å². The van der Waals surface area contributed by atoms with Crippen LogP contribution in [-0.4, -0.2) is 6.29 Å². The first-order valence-corrected chi connectivity index (χ1v) is 5.35. The van der Waals surface area contributed by atoms with Gasteiger partial charge in [-0.3, -0.25) is 0 Å². The highest BCUT2D eigenvalue weighted by Crippen LogP contribution is 2.60. The molecule has 3 fully saturated rings. The molecule has 0 spiro atoms. The molecule has 0 amide bonds. The maximum atomic E-state index is 10.8. The first kappa shape index (κ1) is 7.11. The van der Waals surface area contributed by atoms with Crippen LogP contribution in [0.5, 0.6) is 0 Å². The lowest BCUT2D eigenvalue weighted by molar-refractivity contribution is -0.112. The molecule has 66 valence electrons. The lowest BCUT2D eigenvalue weighted by Crippen LogP contribution is -2.22. The molecule has 2 bridgehead atoms. The van der Waals surface area contributed by atoms with E-state index in [4.69, 9.17) is 0 Å². The van der Waals surface area contributed by atoms with Crippen LogP contribution >= 0.6 is 0 Å². The van der Waals surface area contributed by atoms with Crippen LogP contribution in [0.2, 0.25) is 0 Å². The monoisotopic (exact) mass is 164 g/mol. The molecule has 0 N–H and O–H groups in total. The Morgan fingerprint density at radius 1 is 1.00 bits per heavy atom. The van der Waals surface area contributed by atoms with Gasteiger partial charge in [-0.2, -0.15) is 0 Å². The van der Waals surface area contributed by atoms with Crippen molar-refractivity contribution in [2.75, 3.05) is 0 Å². The summed E-state index contributed by atoms with van der Waals surface area (Å²) in [5.41, 5.74) is 0. The van der Waals surface area contributed by atoms with Gasteiger partial charge in [0.05, 0.1) is 0 Å². The summed E-state index contributed by atoms with van der Waals surface area (Å²) >= 11 is 0. The SMILES string of the molecule is O=C[C@H]1CC[C@H]2[C@@H]3CC[C@@H](C3)[C@@H]21. The van der Waals surface area contributed by atoms with Crippen molar-refractivity contribution in [1.29, 1.82) is 0 Å². The Morgan fingerprint density at radius 3 is 2.67 bits per heavy atom. The van der Waals surface area contributed by atoms with Crippen LogP contribution in [0.1, 0.15) is 32.1 Å². The van der Waals surface area contributed by atoms with Crippen LogP contribution in [-0.2, 0) is 4.79 Å². The quantitative estimate of drug-likeness (QED) is 0.543. The van der Waals surface area contributed by atoms with Gasteiger partial charge in [-0.05, 0) is 55.8 Å². The second kappa shape index (κ2) is 2.34. The third-order valence-corrected chi connectivity index (χ3v) is 4.66. The maximum absolute atomic E-state index is 10.8. The van der Waals surface area contributed by atoms with E-state index in [1.54, 1.807) is 0 Å². The first-order chi connectivity index (χ1) is 5.90. The molecule has 3 saturated carbocycles. The minimum Gasteiger partial charge on any atom is -0.303 e. The molecule has 12 heavy (non-hydrogen) atoms. The molecule has 1 nitrogen and oxygen atoms in total. The van der Waals surface area contributed by atoms with Crippen LogP contribution in [0.15, 0.2) is 0 Å². The maximum Gasteiger partial charge on any atom is 0.123 e. The number of fused-ring (bicyclic) bond motifs is 5. The van der Waals surface area contributed by atoms with Gasteiger partial charge in [0.25, 0.3) is 0 Å². The Balaban J connectivity index is 1.89. The van der Waals surface area contributed by atoms with Gasteiger partial charge >= 0.3 is 0 Å². The van der Waals surface area contributed by atoms with Crippen molar-refractivity contribution in [2.24, 2.45) is 29.6 Å². The smallest absolute Gasteiger partial charge is 0.123 e. The lowest BCUT2D eigenvalue weighted by Gasteiger charge is -2.26. The summed E-state index contributed by atoms with van der Waals surface area (Å²) in [7, 11) is 0. The zero-order valence-corrected chi connectivity index (χ0v) is 7.41. The largest absolute Gasteiger partial charge is 0.303 e. The summed E-state index contributed by atoms with van der Waals surface area (Å²) in [5.74, 6) is 4.19. The predicted molar refractivity (Wildman–Crippen MR) is 46.6 cm³/mol. The van der Waals surface area contributed by atoms with Crippen LogP contribution in [0.3, 0.4) is 0 Å². The number of hydrogen-bond donors (Lipinski definition) is 0. The first-order valence-electron chi connectivity index (χ1n) is 5.35. The minimum atomic E-state index is 0.449. The number of carbonyl (C=O) groups is 1. The van der Waals surface area contributed by atoms with Crippen molar-refractivity contribution in [2.45, 2.75) is 32.1 Å². The van der Waals surface area contributed by atoms with Crippen molar-refractivity contribution < 1.29 is 4.79 Å². The number of carbonyl (C=O) groups excluding carboxylic acids is 1. The summed E-state index contributed by atoms with van der Waals surface area (Å²) in [4.78, 5) is 10.8. The highest BCUT2D eigenvalue weighted by atomic mass is 16.1. The zero-order valence-electron chi connectivity index (χ0n) is 7.41. The average Bonchev–Trinajstić information content (AvgIpc) is 2.76. The van der Waals surface area contributed by atoms with Gasteiger partial charge in [0.1, 0.15) is 6.29 Å². The predicted octanol–water partition coefficient (Wildman–Crippen LogP) is 2.26. The molecule has 3 aliphatic carbocycles. The molecule has 1 heteroatoms. The third kappa shape index (κ3) is 0.725. The van der Waals surface area contributed by atoms with Crippen molar-refractivity contribution in [3.63, 3.8) is 0 Å². The van der Waals surface area contributed by atoms with Crippen molar-refractivity contribution in [3.8, 4) is 0 Å². The van der Waals surface area contributed by atoms with E-state index in [1.807, 2.05) is 0 Å². The van der Waals surface area contributed by atoms with Gasteiger partial charge in [-0.25, -0.2) is 0 Å². The zero-order chi connectivity index (χ0) is 8.13. The van der Waals surface area contributed by atoms with E-state index in [-0.39, 0.29) is 0 Å². The Labute approximate surface area is 73.5 Å². The molecular formula is C11H16O. The molecule has 0 aliphatic heterocycles. The topological polar surface area (TPSA) is 17.1 Å². The molecule has 0 aromatic heterocycles. The van der Waals surface area contributed by atoms with Gasteiger partial charge in [0.15, 0.2) is 0 Å². The Hall–Kier alpha value is -0.330. The van der Waals surface area contributed by atoms with E-state index in [9.17, 15) is 4.79 Å². The molecule has 0 heterocycles. The van der Waals surface area contributed by atoms with Crippen LogP contribution < -0.4 is 0 Å². The summed E-state index contributed by atoms with van der Waals surface area (Å²) in [5, 5.41) is 0. The summed E-state index contributed by atoms with van der Waals surface area (Å²) in [6.07, 6.45) is 8.15. The Kier molecular flexibility index (Phi) is 1.38. The van der Waals surface area contributed by atoms with Crippen molar-refractivity contribution in [1.82, 2.24) is 0 Å². The Bertz CT molecular complexity index is 211. The van der Waals surface area contributed by atoms with Crippen LogP contribution in [0.4, 0.5) is 0 Å². The highest BCUT2D eigenvalue weighted by molar-refractivity contribution is 5.55. The van der Waals surface area contributed by atoms with E-state index in [1.165, 1.54) is 38.4 Å². The van der Waals surface area contributed by atoms with Crippen LogP contribution in [0, 0.1) is 29.6 Å². The molecule has 0 unspecified atom stereocenters. The normalized spacial score (nSPS) is 55.8. The standard InChI is InChI=1S/C11H16O/c12-6-9-3-4-10-7-1-2-8(5-7)11(9)10/h6-11H,1-5H2/t7-,8+,9-,10+,11-/m1/s1. The highest BCUT2D eigenvalue weighted by Gasteiger charge is 2.52. The van der Waals surface area contributed by atoms with Crippen molar-refractivity contribution >= 4 is 6.29 Å². The van der Waals surface area contributed by atoms with Gasteiger partial charge in [0, 0.05) is 5.92 Å². The van der Waals surface area contributed by atoms with Crippen LogP contribution in [0.25, 0.3) is 0 Å². The second-order valence-corrected chi connectivity index (χ2v) is 4.95. The van der Waals surface area contributed by atoms with Gasteiger partial charge < -0.3 is 4.79 Å². The summed E-state index contributed by atoms with van der Waals surface area (Å²) in [6.45, 7) is 0. The molecule has 0 aromatic rings. The molecule has 0 radical (unpaired) electrons. The number of hydrogen-bond acceptors (Lipinski definition) is 1. The fraction of sp³-hybridized carbons (Fsp3) is 0.909. The van der Waals surface area contributed by atoms with E-state index < -0.39 is 0 Å². The van der Waals surface area contributed by atoms with E-state index in [0.717, 1.165) is 23.7 Å². The molecule has 3 rings (SSSR count). The molecular weight excluding hydrogens is 148 g/mol. The molecule has 0 saturated heterocycles. The second-order valence-electron chi connectivity index (χ2n) is 4.95. The van der Waals surface area contributed by atoms with Gasteiger partial charge in [-0.1, -0.05) is 0 Å². The fourth-order valence-corrected chi connectivity index (χ4v) is 4.29. The third-order valence-electron chi connectivity index (χ3n) is 4.66. The molecule has 5 atom stereocenters. The molecule has 0 aromatic carbocycles. The Morgan fingerprint density at radius 2 is 1.83 bits per heavy atom. The summed E-state index contributed by atoms with van der Waals surface area (Å²) in [6, 6.07) is 0. The average molecular weight is 164 g/mol. The lowest BCUT2D eigenvalue weighted by atomic mass is 9.78. The number of rotatable bonds is 1.